The van der Waals surface area contributed by atoms with Gasteiger partial charge < -0.3 is 19.8 Å². The van der Waals surface area contributed by atoms with Crippen molar-refractivity contribution in [3.05, 3.63) is 79.9 Å². The van der Waals surface area contributed by atoms with E-state index < -0.39 is 22.6 Å². The molecule has 3 aliphatic heterocycles. The van der Waals surface area contributed by atoms with Crippen LogP contribution in [0, 0.1) is 11.8 Å². The summed E-state index contributed by atoms with van der Waals surface area (Å²) in [6, 6.07) is 16.4. The van der Waals surface area contributed by atoms with Crippen LogP contribution in [0.1, 0.15) is 38.5 Å². The Balaban J connectivity index is 1.34. The molecule has 1 N–H and O–H groups in total. The number of para-hydroxylation sites is 2. The first-order valence-electron chi connectivity index (χ1n) is 16.2. The van der Waals surface area contributed by atoms with Gasteiger partial charge in [-0.15, -0.1) is 30.0 Å². The van der Waals surface area contributed by atoms with Gasteiger partial charge >= 0.3 is 0 Å². The minimum atomic E-state index is -0.713. The number of carbonyl (C=O) groups excluding carboxylic acids is 3. The summed E-state index contributed by atoms with van der Waals surface area (Å²) in [4.78, 5) is 49.0. The number of benzene rings is 2. The van der Waals surface area contributed by atoms with Crippen molar-refractivity contribution >= 4 is 46.2 Å². The molecule has 0 radical (unpaired) electrons. The third kappa shape index (κ3) is 5.64. The molecular formula is C35H42N6O4S. The fraction of sp³-hybridized carbons (Fsp3) is 0.457. The second-order valence-corrected chi connectivity index (χ2v) is 14.0. The summed E-state index contributed by atoms with van der Waals surface area (Å²) in [5, 5.41) is 17.8. The highest BCUT2D eigenvalue weighted by atomic mass is 32.2. The Morgan fingerprint density at radius 1 is 1.00 bits per heavy atom. The van der Waals surface area contributed by atoms with Crippen LogP contribution in [-0.2, 0) is 21.1 Å². The molecule has 3 aliphatic rings. The first-order chi connectivity index (χ1) is 22.4. The SMILES string of the molecule is C=CCN(Cn1nnc2ccccc21)C(=O)C1N(CCCCCCO)C(=O)[C@@H]2[C@H](C(=O)N(CC=C)c3ccccc3)[C@@H]3CCC12S3. The lowest BCUT2D eigenvalue weighted by Crippen LogP contribution is -2.55. The van der Waals surface area contributed by atoms with Crippen LogP contribution in [0.3, 0.4) is 0 Å². The molecule has 2 bridgehead atoms. The van der Waals surface area contributed by atoms with E-state index in [0.29, 0.717) is 32.4 Å². The maximum atomic E-state index is 14.8. The highest BCUT2D eigenvalue weighted by Gasteiger charge is 2.74. The Morgan fingerprint density at radius 2 is 1.74 bits per heavy atom. The third-order valence-electron chi connectivity index (χ3n) is 9.66. The van der Waals surface area contributed by atoms with Gasteiger partial charge in [0.05, 0.1) is 22.1 Å². The number of aliphatic hydroxyl groups excluding tert-OH is 1. The molecule has 2 aromatic carbocycles. The molecule has 6 rings (SSSR count). The number of thioether (sulfide) groups is 1. The smallest absolute Gasteiger partial charge is 0.248 e. The Morgan fingerprint density at radius 3 is 2.50 bits per heavy atom. The normalized spacial score (nSPS) is 24.7. The minimum Gasteiger partial charge on any atom is -0.396 e. The second kappa shape index (κ2) is 13.8. The van der Waals surface area contributed by atoms with Gasteiger partial charge in [-0.25, -0.2) is 4.68 Å². The van der Waals surface area contributed by atoms with Gasteiger partial charge in [0.25, 0.3) is 0 Å². The molecule has 3 saturated heterocycles. The van der Waals surface area contributed by atoms with E-state index in [1.54, 1.807) is 43.3 Å². The van der Waals surface area contributed by atoms with Crippen molar-refractivity contribution in [3.8, 4) is 0 Å². The Hall–Kier alpha value is -3.96. The number of nitrogens with zero attached hydrogens (tertiary/aromatic N) is 6. The summed E-state index contributed by atoms with van der Waals surface area (Å²) < 4.78 is 1.01. The van der Waals surface area contributed by atoms with Crippen LogP contribution < -0.4 is 4.90 Å². The summed E-state index contributed by atoms with van der Waals surface area (Å²) in [6.45, 7) is 9.15. The molecule has 5 atom stereocenters. The van der Waals surface area contributed by atoms with Gasteiger partial charge in [-0.3, -0.25) is 14.4 Å². The zero-order chi connectivity index (χ0) is 32.3. The Bertz CT molecular complexity index is 1600. The predicted molar refractivity (Wildman–Crippen MR) is 180 cm³/mol. The molecule has 1 aromatic heterocycles. The first kappa shape index (κ1) is 32.0. The van der Waals surface area contributed by atoms with Crippen LogP contribution in [0.15, 0.2) is 79.9 Å². The second-order valence-electron chi connectivity index (χ2n) is 12.4. The average molecular weight is 643 g/mol. The maximum Gasteiger partial charge on any atom is 0.248 e. The summed E-state index contributed by atoms with van der Waals surface area (Å²) >= 11 is 1.68. The van der Waals surface area contributed by atoms with Gasteiger partial charge in [0.1, 0.15) is 18.2 Å². The van der Waals surface area contributed by atoms with E-state index in [0.717, 1.165) is 36.0 Å². The lowest BCUT2D eigenvalue weighted by atomic mass is 9.70. The predicted octanol–water partition coefficient (Wildman–Crippen LogP) is 4.27. The van der Waals surface area contributed by atoms with E-state index in [1.807, 2.05) is 54.6 Å². The number of likely N-dealkylation sites (tertiary alicyclic amines) is 1. The quantitative estimate of drug-likeness (QED) is 0.195. The minimum absolute atomic E-state index is 0.0494. The summed E-state index contributed by atoms with van der Waals surface area (Å²) in [5.41, 5.74) is 2.32. The van der Waals surface area contributed by atoms with Gasteiger partial charge in [0.15, 0.2) is 0 Å². The lowest BCUT2D eigenvalue weighted by molar-refractivity contribution is -0.143. The van der Waals surface area contributed by atoms with Crippen LogP contribution in [0.5, 0.6) is 0 Å². The van der Waals surface area contributed by atoms with E-state index in [1.165, 1.54) is 0 Å². The van der Waals surface area contributed by atoms with Gasteiger partial charge in [-0.2, -0.15) is 0 Å². The molecule has 242 valence electrons. The Labute approximate surface area is 274 Å². The molecule has 2 unspecified atom stereocenters. The van der Waals surface area contributed by atoms with E-state index in [2.05, 4.69) is 23.5 Å². The van der Waals surface area contributed by atoms with Crippen LogP contribution in [0.25, 0.3) is 11.0 Å². The van der Waals surface area contributed by atoms with Crippen LogP contribution in [0.2, 0.25) is 0 Å². The summed E-state index contributed by atoms with van der Waals surface area (Å²) in [6.07, 6.45) is 7.97. The maximum absolute atomic E-state index is 14.8. The summed E-state index contributed by atoms with van der Waals surface area (Å²) in [5.74, 6) is -1.48. The molecule has 11 heteroatoms. The van der Waals surface area contributed by atoms with E-state index in [9.17, 15) is 19.5 Å². The fourth-order valence-electron chi connectivity index (χ4n) is 7.67. The monoisotopic (exact) mass is 642 g/mol. The zero-order valence-corrected chi connectivity index (χ0v) is 26.9. The highest BCUT2D eigenvalue weighted by Crippen LogP contribution is 2.66. The van der Waals surface area contributed by atoms with Crippen molar-refractivity contribution in [1.29, 1.82) is 0 Å². The number of unbranched alkanes of at least 4 members (excludes halogenated alkanes) is 3. The summed E-state index contributed by atoms with van der Waals surface area (Å²) in [7, 11) is 0. The number of aromatic nitrogens is 3. The van der Waals surface area contributed by atoms with Crippen molar-refractivity contribution in [1.82, 2.24) is 24.8 Å². The molecular weight excluding hydrogens is 600 g/mol. The van der Waals surface area contributed by atoms with Gasteiger partial charge in [0, 0.05) is 37.2 Å². The first-order valence-corrected chi connectivity index (χ1v) is 17.1. The third-order valence-corrected chi connectivity index (χ3v) is 11.6. The van der Waals surface area contributed by atoms with Crippen molar-refractivity contribution in [3.63, 3.8) is 0 Å². The van der Waals surface area contributed by atoms with Crippen LogP contribution >= 0.6 is 11.8 Å². The topological polar surface area (TPSA) is 112 Å². The number of aliphatic hydroxyl groups is 1. The standard InChI is InChI=1S/C35H42N6O4S/c1-3-20-38(24-41-27-17-11-10-16-26(27)36-37-41)34(45)31-35-19-18-28(46-35)29(30(35)33(44)40(31)22-12-5-6-13-23-42)32(43)39(21-4-2)25-14-8-7-9-15-25/h3-4,7-11,14-17,28-31,42H,1-2,5-6,12-13,18-24H2/t28-,29+,30-,31?,35?/m0/s1. The molecule has 46 heavy (non-hydrogen) atoms. The number of hydrogen-bond acceptors (Lipinski definition) is 7. The van der Waals surface area contributed by atoms with Gasteiger partial charge in [-0.05, 0) is 49.9 Å². The number of amides is 3. The molecule has 10 nitrogen and oxygen atoms in total. The molecule has 3 fully saturated rings. The molecule has 1 spiro atoms. The van der Waals surface area contributed by atoms with Crippen molar-refractivity contribution in [2.24, 2.45) is 11.8 Å². The number of hydrogen-bond donors (Lipinski definition) is 1. The van der Waals surface area contributed by atoms with Crippen molar-refractivity contribution < 1.29 is 19.5 Å². The molecule has 0 aliphatic carbocycles. The molecule has 3 aromatic rings. The van der Waals surface area contributed by atoms with E-state index in [-0.39, 0.29) is 42.8 Å². The van der Waals surface area contributed by atoms with Crippen molar-refractivity contribution in [2.75, 3.05) is 31.1 Å². The zero-order valence-electron chi connectivity index (χ0n) is 26.1. The fourth-order valence-corrected chi connectivity index (χ4v) is 9.88. The van der Waals surface area contributed by atoms with Crippen LogP contribution in [0.4, 0.5) is 5.69 Å². The van der Waals surface area contributed by atoms with Gasteiger partial charge in [-0.1, -0.05) is 60.5 Å². The molecule has 0 saturated carbocycles. The van der Waals surface area contributed by atoms with Crippen molar-refractivity contribution in [2.45, 2.75) is 61.2 Å². The average Bonchev–Trinajstić information content (AvgIpc) is 3.83. The Kier molecular flexibility index (Phi) is 9.60. The number of anilines is 1. The largest absolute Gasteiger partial charge is 0.396 e. The van der Waals surface area contributed by atoms with Gasteiger partial charge in [0.2, 0.25) is 17.7 Å². The number of fused-ring (bicyclic) bond motifs is 2. The highest BCUT2D eigenvalue weighted by molar-refractivity contribution is 8.02. The molecule has 3 amide bonds. The van der Waals surface area contributed by atoms with E-state index >= 15 is 0 Å². The van der Waals surface area contributed by atoms with Crippen LogP contribution in [-0.4, -0.2) is 89.9 Å². The number of carbonyl (C=O) groups is 3. The number of rotatable bonds is 15. The van der Waals surface area contributed by atoms with E-state index in [4.69, 9.17) is 0 Å². The molecule has 4 heterocycles. The lowest BCUT2D eigenvalue weighted by Gasteiger charge is -2.37.